The zero-order valence-electron chi connectivity index (χ0n) is 8.89. The fraction of sp³-hybridized carbons (Fsp3) is 0.167. The average molecular weight is 234 g/mol. The smallest absolute Gasteiger partial charge is 0.171 e. The third kappa shape index (κ3) is 2.49. The molecule has 0 unspecified atom stereocenters. The van der Waals surface area contributed by atoms with E-state index >= 15 is 0 Å². The second-order valence-electron chi connectivity index (χ2n) is 3.47. The first-order valence-corrected chi connectivity index (χ1v) is 5.43. The molecule has 0 saturated heterocycles. The Balaban J connectivity index is 2.14. The van der Waals surface area contributed by atoms with Crippen molar-refractivity contribution >= 4 is 17.4 Å². The molecule has 0 spiro atoms. The van der Waals surface area contributed by atoms with E-state index in [1.807, 2.05) is 18.2 Å². The summed E-state index contributed by atoms with van der Waals surface area (Å²) in [7, 11) is 0. The van der Waals surface area contributed by atoms with E-state index in [9.17, 15) is 0 Å². The molecule has 1 atom stereocenters. The molecular formula is C12H12ClN3. The van der Waals surface area contributed by atoms with Gasteiger partial charge in [0.1, 0.15) is 0 Å². The molecule has 4 heteroatoms. The lowest BCUT2D eigenvalue weighted by Crippen LogP contribution is -2.08. The van der Waals surface area contributed by atoms with Crippen LogP contribution in [0.3, 0.4) is 0 Å². The minimum Gasteiger partial charge on any atom is -0.361 e. The Morgan fingerprint density at radius 3 is 2.50 bits per heavy atom. The molecule has 1 aromatic heterocycles. The molecule has 82 valence electrons. The number of aromatic nitrogens is 2. The summed E-state index contributed by atoms with van der Waals surface area (Å²) < 4.78 is 0. The lowest BCUT2D eigenvalue weighted by Gasteiger charge is -2.14. The summed E-state index contributed by atoms with van der Waals surface area (Å²) in [5.74, 6) is 0.612. The predicted molar refractivity (Wildman–Crippen MR) is 65.5 cm³/mol. The van der Waals surface area contributed by atoms with Gasteiger partial charge in [-0.2, -0.15) is 0 Å². The first kappa shape index (κ1) is 10.9. The van der Waals surface area contributed by atoms with Gasteiger partial charge in [-0.15, -0.1) is 0 Å². The van der Waals surface area contributed by atoms with Crippen molar-refractivity contribution in [3.05, 3.63) is 53.4 Å². The van der Waals surface area contributed by atoms with Gasteiger partial charge in [-0.25, -0.2) is 9.97 Å². The number of hydrogen-bond acceptors (Lipinski definition) is 3. The maximum absolute atomic E-state index is 5.92. The van der Waals surface area contributed by atoms with Gasteiger partial charge < -0.3 is 5.32 Å². The zero-order valence-corrected chi connectivity index (χ0v) is 9.65. The predicted octanol–water partition coefficient (Wildman–Crippen LogP) is 3.30. The minimum absolute atomic E-state index is 0.149. The normalized spacial score (nSPS) is 12.1. The second kappa shape index (κ2) is 4.94. The van der Waals surface area contributed by atoms with Gasteiger partial charge >= 0.3 is 0 Å². The van der Waals surface area contributed by atoms with Crippen molar-refractivity contribution < 1.29 is 0 Å². The van der Waals surface area contributed by atoms with Crippen LogP contribution in [-0.2, 0) is 0 Å². The molecule has 0 bridgehead atoms. The van der Waals surface area contributed by atoms with Crippen molar-refractivity contribution in [1.82, 2.24) is 9.97 Å². The highest BCUT2D eigenvalue weighted by atomic mass is 35.5. The van der Waals surface area contributed by atoms with E-state index in [1.165, 1.54) is 5.56 Å². The van der Waals surface area contributed by atoms with Gasteiger partial charge in [-0.3, -0.25) is 0 Å². The molecule has 1 N–H and O–H groups in total. The summed E-state index contributed by atoms with van der Waals surface area (Å²) in [6, 6.07) is 10.3. The fourth-order valence-electron chi connectivity index (χ4n) is 1.45. The molecule has 0 radical (unpaired) electrons. The van der Waals surface area contributed by atoms with E-state index in [2.05, 4.69) is 34.3 Å². The number of halogens is 1. The largest absolute Gasteiger partial charge is 0.361 e. The Labute approximate surface area is 99.5 Å². The maximum atomic E-state index is 5.92. The van der Waals surface area contributed by atoms with Gasteiger partial charge in [0.25, 0.3) is 0 Å². The van der Waals surface area contributed by atoms with E-state index < -0.39 is 0 Å². The minimum atomic E-state index is 0.149. The number of rotatable bonds is 3. The number of nitrogens with one attached hydrogen (secondary N) is 1. The van der Waals surface area contributed by atoms with Gasteiger partial charge in [0.05, 0.1) is 6.04 Å². The number of hydrogen-bond donors (Lipinski definition) is 1. The third-order valence-corrected chi connectivity index (χ3v) is 2.58. The molecule has 0 aliphatic carbocycles. The summed E-state index contributed by atoms with van der Waals surface area (Å²) in [5.41, 5.74) is 1.18. The van der Waals surface area contributed by atoms with E-state index in [4.69, 9.17) is 11.6 Å². The van der Waals surface area contributed by atoms with Crippen molar-refractivity contribution in [3.8, 4) is 0 Å². The number of anilines is 1. The van der Waals surface area contributed by atoms with Crippen LogP contribution in [0.4, 0.5) is 5.82 Å². The molecule has 16 heavy (non-hydrogen) atoms. The van der Waals surface area contributed by atoms with Crippen LogP contribution in [0.5, 0.6) is 0 Å². The summed E-state index contributed by atoms with van der Waals surface area (Å²) >= 11 is 5.92. The fourth-order valence-corrected chi connectivity index (χ4v) is 1.61. The Bertz CT molecular complexity index is 459. The van der Waals surface area contributed by atoms with Crippen molar-refractivity contribution in [3.63, 3.8) is 0 Å². The van der Waals surface area contributed by atoms with Gasteiger partial charge in [0.2, 0.25) is 0 Å². The van der Waals surface area contributed by atoms with Crippen LogP contribution in [0, 0.1) is 0 Å². The lowest BCUT2D eigenvalue weighted by atomic mass is 10.1. The Hall–Kier alpha value is -1.61. The van der Waals surface area contributed by atoms with Crippen molar-refractivity contribution in [2.75, 3.05) is 5.32 Å². The summed E-state index contributed by atoms with van der Waals surface area (Å²) in [6.07, 6.45) is 3.19. The van der Waals surface area contributed by atoms with Crippen molar-refractivity contribution in [1.29, 1.82) is 0 Å². The van der Waals surface area contributed by atoms with Crippen LogP contribution in [0.15, 0.2) is 42.7 Å². The average Bonchev–Trinajstić information content (AvgIpc) is 2.33. The quantitative estimate of drug-likeness (QED) is 0.884. The molecule has 0 aliphatic rings. The van der Waals surface area contributed by atoms with Crippen LogP contribution >= 0.6 is 11.6 Å². The summed E-state index contributed by atoms with van der Waals surface area (Å²) in [5, 5.41) is 3.61. The summed E-state index contributed by atoms with van der Waals surface area (Å²) in [6.45, 7) is 2.06. The van der Waals surface area contributed by atoms with Crippen LogP contribution in [0.25, 0.3) is 0 Å². The third-order valence-electron chi connectivity index (χ3n) is 2.31. The highest BCUT2D eigenvalue weighted by molar-refractivity contribution is 6.31. The van der Waals surface area contributed by atoms with Gasteiger partial charge in [0.15, 0.2) is 11.0 Å². The Kier molecular flexibility index (Phi) is 3.37. The first-order valence-electron chi connectivity index (χ1n) is 5.05. The van der Waals surface area contributed by atoms with E-state index in [0.29, 0.717) is 11.0 Å². The van der Waals surface area contributed by atoms with Crippen LogP contribution in [0.1, 0.15) is 18.5 Å². The molecule has 0 amide bonds. The SMILES string of the molecule is C[C@@H](Nc1nccnc1Cl)c1ccccc1. The molecule has 0 fully saturated rings. The molecule has 2 rings (SSSR count). The molecule has 1 heterocycles. The van der Waals surface area contributed by atoms with Gasteiger partial charge in [0, 0.05) is 12.4 Å². The van der Waals surface area contributed by atoms with E-state index in [1.54, 1.807) is 12.4 Å². The highest BCUT2D eigenvalue weighted by Crippen LogP contribution is 2.21. The van der Waals surface area contributed by atoms with Gasteiger partial charge in [-0.05, 0) is 12.5 Å². The van der Waals surface area contributed by atoms with Crippen LogP contribution in [0.2, 0.25) is 5.15 Å². The standard InChI is InChI=1S/C12H12ClN3/c1-9(10-5-3-2-4-6-10)16-12-11(13)14-7-8-15-12/h2-9H,1H3,(H,15,16)/t9-/m1/s1. The van der Waals surface area contributed by atoms with Crippen LogP contribution in [-0.4, -0.2) is 9.97 Å². The Morgan fingerprint density at radius 1 is 1.12 bits per heavy atom. The lowest BCUT2D eigenvalue weighted by molar-refractivity contribution is 0.871. The summed E-state index contributed by atoms with van der Waals surface area (Å²) in [4.78, 5) is 8.10. The molecule has 3 nitrogen and oxygen atoms in total. The molecule has 2 aromatic rings. The van der Waals surface area contributed by atoms with Crippen molar-refractivity contribution in [2.24, 2.45) is 0 Å². The molecule has 0 saturated carbocycles. The highest BCUT2D eigenvalue weighted by Gasteiger charge is 2.08. The van der Waals surface area contributed by atoms with Crippen molar-refractivity contribution in [2.45, 2.75) is 13.0 Å². The molecule has 0 aliphatic heterocycles. The Morgan fingerprint density at radius 2 is 1.81 bits per heavy atom. The topological polar surface area (TPSA) is 37.8 Å². The number of nitrogens with zero attached hydrogens (tertiary/aromatic N) is 2. The second-order valence-corrected chi connectivity index (χ2v) is 3.83. The van der Waals surface area contributed by atoms with E-state index in [-0.39, 0.29) is 6.04 Å². The van der Waals surface area contributed by atoms with Gasteiger partial charge in [-0.1, -0.05) is 41.9 Å². The van der Waals surface area contributed by atoms with E-state index in [0.717, 1.165) is 0 Å². The maximum Gasteiger partial charge on any atom is 0.171 e. The van der Waals surface area contributed by atoms with Crippen LogP contribution < -0.4 is 5.32 Å². The monoisotopic (exact) mass is 233 g/mol. The number of benzene rings is 1. The zero-order chi connectivity index (χ0) is 11.4. The molecular weight excluding hydrogens is 222 g/mol. The molecule has 1 aromatic carbocycles. The first-order chi connectivity index (χ1) is 7.77.